The smallest absolute Gasteiger partial charge is 0.249 e. The fraction of sp³-hybridized carbons (Fsp3) is 0.300. The third kappa shape index (κ3) is 1.96. The molecule has 0 unspecified atom stereocenters. The highest BCUT2D eigenvalue weighted by atomic mass is 16.1. The summed E-state index contributed by atoms with van der Waals surface area (Å²) in [7, 11) is 0. The monoisotopic (exact) mass is 204 g/mol. The second-order valence-corrected chi connectivity index (χ2v) is 3.35. The first-order valence-electron chi connectivity index (χ1n) is 4.82. The van der Waals surface area contributed by atoms with Gasteiger partial charge in [-0.05, 0) is 18.6 Å². The van der Waals surface area contributed by atoms with Crippen LogP contribution in [0.15, 0.2) is 18.3 Å². The van der Waals surface area contributed by atoms with Crippen LogP contribution in [-0.2, 0) is 4.79 Å². The normalized spacial score (nSPS) is 10.5. The van der Waals surface area contributed by atoms with Gasteiger partial charge in [0.1, 0.15) is 0 Å². The van der Waals surface area contributed by atoms with Gasteiger partial charge in [0.15, 0.2) is 5.65 Å². The lowest BCUT2D eigenvalue weighted by Crippen LogP contribution is -2.10. The second-order valence-electron chi connectivity index (χ2n) is 3.35. The molecule has 5 heteroatoms. The molecule has 0 saturated heterocycles. The Morgan fingerprint density at radius 3 is 3.07 bits per heavy atom. The van der Waals surface area contributed by atoms with Crippen molar-refractivity contribution in [1.29, 1.82) is 0 Å². The Hall–Kier alpha value is -1.91. The van der Waals surface area contributed by atoms with E-state index in [-0.39, 0.29) is 5.91 Å². The molecular formula is C10H12N4O. The van der Waals surface area contributed by atoms with Crippen LogP contribution in [-0.4, -0.2) is 20.5 Å². The minimum Gasteiger partial charge on any atom is -0.293 e. The van der Waals surface area contributed by atoms with Crippen molar-refractivity contribution in [2.75, 3.05) is 5.32 Å². The average Bonchev–Trinajstić information content (AvgIpc) is 2.59. The van der Waals surface area contributed by atoms with Crippen LogP contribution in [0.5, 0.6) is 0 Å². The number of fused-ring (bicyclic) bond motifs is 1. The Balaban J connectivity index is 2.34. The highest BCUT2D eigenvalue weighted by molar-refractivity contribution is 5.88. The van der Waals surface area contributed by atoms with Crippen molar-refractivity contribution in [3.63, 3.8) is 0 Å². The van der Waals surface area contributed by atoms with Crippen molar-refractivity contribution in [1.82, 2.24) is 14.6 Å². The number of pyridine rings is 1. The maximum absolute atomic E-state index is 11.1. The second kappa shape index (κ2) is 3.68. The summed E-state index contributed by atoms with van der Waals surface area (Å²) in [4.78, 5) is 15.3. The summed E-state index contributed by atoms with van der Waals surface area (Å²) >= 11 is 0. The molecule has 0 bridgehead atoms. The molecule has 1 amide bonds. The van der Waals surface area contributed by atoms with Gasteiger partial charge in [0, 0.05) is 12.6 Å². The Morgan fingerprint density at radius 2 is 2.33 bits per heavy atom. The van der Waals surface area contributed by atoms with Gasteiger partial charge < -0.3 is 0 Å². The molecule has 5 nitrogen and oxygen atoms in total. The Morgan fingerprint density at radius 1 is 1.53 bits per heavy atom. The van der Waals surface area contributed by atoms with E-state index in [0.717, 1.165) is 11.2 Å². The lowest BCUT2D eigenvalue weighted by molar-refractivity contribution is -0.115. The first kappa shape index (κ1) is 9.64. The van der Waals surface area contributed by atoms with Crippen LogP contribution < -0.4 is 5.32 Å². The summed E-state index contributed by atoms with van der Waals surface area (Å²) < 4.78 is 1.65. The fourth-order valence-electron chi connectivity index (χ4n) is 1.25. The fourth-order valence-corrected chi connectivity index (χ4v) is 1.25. The van der Waals surface area contributed by atoms with E-state index in [1.54, 1.807) is 11.4 Å². The zero-order valence-corrected chi connectivity index (χ0v) is 8.69. The summed E-state index contributed by atoms with van der Waals surface area (Å²) in [6.07, 6.45) is 2.29. The van der Waals surface area contributed by atoms with Crippen LogP contribution in [0.2, 0.25) is 0 Å². The van der Waals surface area contributed by atoms with Gasteiger partial charge in [-0.1, -0.05) is 13.0 Å². The minimum absolute atomic E-state index is 0.0809. The van der Waals surface area contributed by atoms with Crippen LogP contribution in [0.25, 0.3) is 5.65 Å². The largest absolute Gasteiger partial charge is 0.293 e. The Bertz CT molecular complexity index is 503. The van der Waals surface area contributed by atoms with E-state index in [9.17, 15) is 4.79 Å². The third-order valence-electron chi connectivity index (χ3n) is 2.05. The lowest BCUT2D eigenvalue weighted by Gasteiger charge is -1.94. The quantitative estimate of drug-likeness (QED) is 0.804. The minimum atomic E-state index is -0.0809. The highest BCUT2D eigenvalue weighted by Gasteiger charge is 2.05. The zero-order chi connectivity index (χ0) is 10.8. The molecule has 0 aliphatic carbocycles. The van der Waals surface area contributed by atoms with Crippen LogP contribution in [0, 0.1) is 6.92 Å². The number of amides is 1. The molecule has 2 aromatic rings. The molecule has 2 rings (SSSR count). The van der Waals surface area contributed by atoms with Gasteiger partial charge in [0.2, 0.25) is 11.9 Å². The van der Waals surface area contributed by atoms with Crippen molar-refractivity contribution in [2.45, 2.75) is 20.3 Å². The topological polar surface area (TPSA) is 59.3 Å². The van der Waals surface area contributed by atoms with Gasteiger partial charge in [-0.25, -0.2) is 4.52 Å². The number of aromatic nitrogens is 3. The van der Waals surface area contributed by atoms with Gasteiger partial charge in [-0.2, -0.15) is 4.98 Å². The molecule has 0 spiro atoms. The van der Waals surface area contributed by atoms with Gasteiger partial charge in [-0.3, -0.25) is 10.1 Å². The predicted octanol–water partition coefficient (Wildman–Crippen LogP) is 1.39. The summed E-state index contributed by atoms with van der Waals surface area (Å²) in [5, 5.41) is 6.75. The van der Waals surface area contributed by atoms with E-state index in [4.69, 9.17) is 0 Å². The number of hydrogen-bond donors (Lipinski definition) is 1. The molecule has 2 aromatic heterocycles. The van der Waals surface area contributed by atoms with Gasteiger partial charge in [0.25, 0.3) is 0 Å². The number of carbonyl (C=O) groups is 1. The molecule has 0 aromatic carbocycles. The summed E-state index contributed by atoms with van der Waals surface area (Å²) in [5.74, 6) is 0.273. The van der Waals surface area contributed by atoms with Crippen molar-refractivity contribution >= 4 is 17.5 Å². The van der Waals surface area contributed by atoms with Crippen LogP contribution >= 0.6 is 0 Å². The zero-order valence-electron chi connectivity index (χ0n) is 8.69. The van der Waals surface area contributed by atoms with E-state index in [0.29, 0.717) is 12.4 Å². The van der Waals surface area contributed by atoms with Crippen molar-refractivity contribution in [2.24, 2.45) is 0 Å². The van der Waals surface area contributed by atoms with Crippen molar-refractivity contribution in [3.8, 4) is 0 Å². The van der Waals surface area contributed by atoms with Crippen molar-refractivity contribution < 1.29 is 4.79 Å². The number of hydrogen-bond acceptors (Lipinski definition) is 3. The SMILES string of the molecule is CCC(=O)Nc1nc2ccc(C)cn2n1. The molecule has 1 N–H and O–H groups in total. The van der Waals surface area contributed by atoms with E-state index < -0.39 is 0 Å². The average molecular weight is 204 g/mol. The number of carbonyl (C=O) groups excluding carboxylic acids is 1. The van der Waals surface area contributed by atoms with Crippen LogP contribution in [0.3, 0.4) is 0 Å². The molecule has 0 saturated carbocycles. The molecule has 0 fully saturated rings. The van der Waals surface area contributed by atoms with Gasteiger partial charge in [0.05, 0.1) is 0 Å². The van der Waals surface area contributed by atoms with E-state index in [2.05, 4.69) is 15.4 Å². The highest BCUT2D eigenvalue weighted by Crippen LogP contribution is 2.06. The number of nitrogens with zero attached hydrogens (tertiary/aromatic N) is 3. The molecule has 0 aliphatic heterocycles. The van der Waals surface area contributed by atoms with E-state index >= 15 is 0 Å². The first-order valence-corrected chi connectivity index (χ1v) is 4.82. The number of aryl methyl sites for hydroxylation is 1. The molecule has 0 radical (unpaired) electrons. The molecule has 2 heterocycles. The molecule has 0 aliphatic rings. The first-order chi connectivity index (χ1) is 7.19. The van der Waals surface area contributed by atoms with Crippen LogP contribution in [0.1, 0.15) is 18.9 Å². The summed E-state index contributed by atoms with van der Waals surface area (Å²) in [6, 6.07) is 3.82. The number of nitrogens with one attached hydrogen (secondary N) is 1. The standard InChI is InChI=1S/C10H12N4O/c1-3-9(15)12-10-11-8-5-4-7(2)6-14(8)13-10/h4-6H,3H2,1-2H3,(H,12,13,15). The van der Waals surface area contributed by atoms with Gasteiger partial charge >= 0.3 is 0 Å². The molecule has 0 atom stereocenters. The van der Waals surface area contributed by atoms with E-state index in [1.807, 2.05) is 25.3 Å². The maximum Gasteiger partial charge on any atom is 0.249 e. The van der Waals surface area contributed by atoms with Gasteiger partial charge in [-0.15, -0.1) is 5.10 Å². The molecule has 78 valence electrons. The third-order valence-corrected chi connectivity index (χ3v) is 2.05. The molecule has 15 heavy (non-hydrogen) atoms. The van der Waals surface area contributed by atoms with Crippen molar-refractivity contribution in [3.05, 3.63) is 23.9 Å². The Labute approximate surface area is 87.1 Å². The summed E-state index contributed by atoms with van der Waals surface area (Å²) in [6.45, 7) is 3.76. The van der Waals surface area contributed by atoms with E-state index in [1.165, 1.54) is 0 Å². The number of anilines is 1. The maximum atomic E-state index is 11.1. The van der Waals surface area contributed by atoms with Crippen LogP contribution in [0.4, 0.5) is 5.95 Å². The summed E-state index contributed by atoms with van der Waals surface area (Å²) in [5.41, 5.74) is 1.83. The predicted molar refractivity (Wildman–Crippen MR) is 56.6 cm³/mol. The lowest BCUT2D eigenvalue weighted by atomic mass is 10.3. The molecular weight excluding hydrogens is 192 g/mol. The Kier molecular flexibility index (Phi) is 2.37. The number of rotatable bonds is 2.